The van der Waals surface area contributed by atoms with Gasteiger partial charge in [-0.3, -0.25) is 9.78 Å². The molecule has 1 amide bonds. The molecule has 2 fully saturated rings. The van der Waals surface area contributed by atoms with Crippen molar-refractivity contribution in [1.82, 2.24) is 14.9 Å². The van der Waals surface area contributed by atoms with E-state index in [1.807, 2.05) is 47.5 Å². The largest absolute Gasteiger partial charge is 0.490 e. The number of amides is 1. The van der Waals surface area contributed by atoms with Crippen molar-refractivity contribution in [3.05, 3.63) is 66.1 Å². The third kappa shape index (κ3) is 5.46. The second kappa shape index (κ2) is 10.0. The minimum absolute atomic E-state index is 0.0648. The normalized spacial score (nSPS) is 18.7. The van der Waals surface area contributed by atoms with Crippen LogP contribution in [0.4, 0.5) is 13.2 Å². The summed E-state index contributed by atoms with van der Waals surface area (Å²) < 4.78 is 43.8. The lowest BCUT2D eigenvalue weighted by atomic mass is 9.81. The number of hydrogen-bond acceptors (Lipinski definition) is 5. The number of para-hydroxylation sites is 1. The Balaban J connectivity index is 0.000000364. The standard InChI is InChI=1S/C22H23N3O3.C2HF3O2/c26-21(19-11-24-20-4-2-1-3-18(19)20)25-14-22(15-25)17(7-10-28-22)13-27-12-16-5-8-23-9-6-16;3-2(4,5)1(6)7/h1-6,8-9,11,17,24H,7,10,12-15H2;(H,6,7). The number of ether oxygens (including phenoxy) is 2. The molecule has 2 N–H and O–H groups in total. The van der Waals surface area contributed by atoms with Crippen LogP contribution in [0, 0.1) is 5.92 Å². The van der Waals surface area contributed by atoms with Crippen LogP contribution < -0.4 is 0 Å². The van der Waals surface area contributed by atoms with Crippen molar-refractivity contribution in [2.75, 3.05) is 26.3 Å². The number of aromatic amines is 1. The Bertz CT molecular complexity index is 1180. The number of carboxylic acids is 1. The maximum atomic E-state index is 13.0. The van der Waals surface area contributed by atoms with Crippen LogP contribution in [-0.4, -0.2) is 69.9 Å². The Kier molecular flexibility index (Phi) is 7.08. The highest BCUT2D eigenvalue weighted by Crippen LogP contribution is 2.41. The number of hydrogen-bond donors (Lipinski definition) is 2. The lowest BCUT2D eigenvalue weighted by molar-refractivity contribution is -0.192. The van der Waals surface area contributed by atoms with Crippen molar-refractivity contribution >= 4 is 22.8 Å². The minimum atomic E-state index is -5.08. The average Bonchev–Trinajstić information content (AvgIpc) is 3.43. The van der Waals surface area contributed by atoms with E-state index in [0.29, 0.717) is 32.2 Å². The zero-order valence-corrected chi connectivity index (χ0v) is 18.6. The van der Waals surface area contributed by atoms with Gasteiger partial charge < -0.3 is 24.5 Å². The lowest BCUT2D eigenvalue weighted by Crippen LogP contribution is -2.66. The number of nitrogens with zero attached hydrogens (tertiary/aromatic N) is 2. The van der Waals surface area contributed by atoms with E-state index in [2.05, 4.69) is 9.97 Å². The van der Waals surface area contributed by atoms with Crippen LogP contribution in [0.15, 0.2) is 55.0 Å². The number of nitrogens with one attached hydrogen (secondary N) is 1. The highest BCUT2D eigenvalue weighted by molar-refractivity contribution is 6.07. The Morgan fingerprint density at radius 1 is 1.20 bits per heavy atom. The first kappa shape index (κ1) is 24.7. The summed E-state index contributed by atoms with van der Waals surface area (Å²) in [5.41, 5.74) is 2.59. The number of benzene rings is 1. The van der Waals surface area contributed by atoms with Gasteiger partial charge in [0.15, 0.2) is 0 Å². The zero-order chi connectivity index (χ0) is 25.1. The summed E-state index contributed by atoms with van der Waals surface area (Å²) in [6.07, 6.45) is 1.26. The number of carbonyl (C=O) groups is 2. The number of aromatic nitrogens is 2. The number of pyridine rings is 1. The van der Waals surface area contributed by atoms with E-state index in [1.54, 1.807) is 12.4 Å². The Hall–Kier alpha value is -3.44. The van der Waals surface area contributed by atoms with Crippen LogP contribution in [0.1, 0.15) is 22.3 Å². The molecule has 3 aromatic rings. The maximum absolute atomic E-state index is 13.0. The van der Waals surface area contributed by atoms with Crippen LogP contribution in [0.3, 0.4) is 0 Å². The number of rotatable bonds is 5. The minimum Gasteiger partial charge on any atom is -0.475 e. The van der Waals surface area contributed by atoms with Gasteiger partial charge in [0.05, 0.1) is 31.9 Å². The molecular formula is C24H24F3N3O5. The van der Waals surface area contributed by atoms with E-state index >= 15 is 0 Å². The molecule has 11 heteroatoms. The average molecular weight is 491 g/mol. The second-order valence-corrected chi connectivity index (χ2v) is 8.48. The number of carboxylic acid groups (broad SMARTS) is 1. The molecule has 1 atom stereocenters. The van der Waals surface area contributed by atoms with E-state index in [0.717, 1.165) is 35.1 Å². The maximum Gasteiger partial charge on any atom is 0.490 e. The number of carbonyl (C=O) groups excluding carboxylic acids is 1. The van der Waals surface area contributed by atoms with Gasteiger partial charge in [0.2, 0.25) is 0 Å². The van der Waals surface area contributed by atoms with Crippen LogP contribution in [0.2, 0.25) is 0 Å². The van der Waals surface area contributed by atoms with E-state index in [-0.39, 0.29) is 11.5 Å². The van der Waals surface area contributed by atoms with E-state index < -0.39 is 12.1 Å². The van der Waals surface area contributed by atoms with E-state index in [4.69, 9.17) is 19.4 Å². The van der Waals surface area contributed by atoms with Crippen molar-refractivity contribution in [3.8, 4) is 0 Å². The van der Waals surface area contributed by atoms with Gasteiger partial charge in [-0.1, -0.05) is 18.2 Å². The molecule has 1 spiro atoms. The lowest BCUT2D eigenvalue weighted by Gasteiger charge is -2.50. The Morgan fingerprint density at radius 2 is 1.89 bits per heavy atom. The summed E-state index contributed by atoms with van der Waals surface area (Å²) in [4.78, 5) is 31.0. The monoisotopic (exact) mass is 491 g/mol. The highest BCUT2D eigenvalue weighted by atomic mass is 19.4. The van der Waals surface area contributed by atoms with Gasteiger partial charge in [-0.15, -0.1) is 0 Å². The first-order valence-electron chi connectivity index (χ1n) is 11.0. The van der Waals surface area contributed by atoms with Crippen LogP contribution in [0.5, 0.6) is 0 Å². The van der Waals surface area contributed by atoms with Crippen LogP contribution in [0.25, 0.3) is 10.9 Å². The predicted octanol–water partition coefficient (Wildman–Crippen LogP) is 3.64. The molecular weight excluding hydrogens is 467 g/mol. The van der Waals surface area contributed by atoms with Gasteiger partial charge in [-0.05, 0) is 30.2 Å². The Labute approximate surface area is 198 Å². The topological polar surface area (TPSA) is 105 Å². The fraction of sp³-hybridized carbons (Fsp3) is 0.375. The second-order valence-electron chi connectivity index (χ2n) is 8.48. The van der Waals surface area contributed by atoms with Crippen molar-refractivity contribution < 1.29 is 37.3 Å². The number of halogens is 3. The van der Waals surface area contributed by atoms with Gasteiger partial charge >= 0.3 is 12.1 Å². The fourth-order valence-corrected chi connectivity index (χ4v) is 4.33. The fourth-order valence-electron chi connectivity index (χ4n) is 4.33. The number of alkyl halides is 3. The summed E-state index contributed by atoms with van der Waals surface area (Å²) in [6, 6.07) is 11.8. The molecule has 2 aliphatic rings. The third-order valence-corrected chi connectivity index (χ3v) is 6.20. The molecule has 4 heterocycles. The van der Waals surface area contributed by atoms with Crippen LogP contribution in [-0.2, 0) is 20.9 Å². The van der Waals surface area contributed by atoms with Crippen LogP contribution >= 0.6 is 0 Å². The molecule has 8 nitrogen and oxygen atoms in total. The van der Waals surface area contributed by atoms with E-state index in [1.165, 1.54) is 0 Å². The van der Waals surface area contributed by atoms with Gasteiger partial charge in [-0.25, -0.2) is 4.79 Å². The zero-order valence-electron chi connectivity index (χ0n) is 18.6. The van der Waals surface area contributed by atoms with Gasteiger partial charge in [0, 0.05) is 42.0 Å². The van der Waals surface area contributed by atoms with Gasteiger partial charge in [0.25, 0.3) is 5.91 Å². The summed E-state index contributed by atoms with van der Waals surface area (Å²) in [7, 11) is 0. The molecule has 35 heavy (non-hydrogen) atoms. The molecule has 5 rings (SSSR count). The number of likely N-dealkylation sites (tertiary alicyclic amines) is 1. The summed E-state index contributed by atoms with van der Waals surface area (Å²) in [5, 5.41) is 8.10. The highest BCUT2D eigenvalue weighted by Gasteiger charge is 2.54. The molecule has 186 valence electrons. The van der Waals surface area contributed by atoms with Crippen molar-refractivity contribution in [3.63, 3.8) is 0 Å². The van der Waals surface area contributed by atoms with Gasteiger partial charge in [-0.2, -0.15) is 13.2 Å². The molecule has 0 aliphatic carbocycles. The SMILES string of the molecule is O=C(O)C(F)(F)F.O=C(c1c[nH]c2ccccc12)N1CC2(C1)OCCC2COCc1ccncc1. The first-order chi connectivity index (χ1) is 16.7. The summed E-state index contributed by atoms with van der Waals surface area (Å²) >= 11 is 0. The van der Waals surface area contributed by atoms with Crippen molar-refractivity contribution in [2.24, 2.45) is 5.92 Å². The first-order valence-corrected chi connectivity index (χ1v) is 11.0. The molecule has 2 saturated heterocycles. The number of fused-ring (bicyclic) bond motifs is 1. The molecule has 2 aliphatic heterocycles. The Morgan fingerprint density at radius 3 is 2.57 bits per heavy atom. The number of H-pyrrole nitrogens is 1. The quantitative estimate of drug-likeness (QED) is 0.565. The summed E-state index contributed by atoms with van der Waals surface area (Å²) in [5.74, 6) is -2.37. The molecule has 0 bridgehead atoms. The molecule has 2 aromatic heterocycles. The van der Waals surface area contributed by atoms with Gasteiger partial charge in [0.1, 0.15) is 5.60 Å². The van der Waals surface area contributed by atoms with E-state index in [9.17, 15) is 18.0 Å². The molecule has 1 aromatic carbocycles. The molecule has 1 unspecified atom stereocenters. The third-order valence-electron chi connectivity index (χ3n) is 6.20. The van der Waals surface area contributed by atoms with Crippen molar-refractivity contribution in [2.45, 2.75) is 24.8 Å². The smallest absolute Gasteiger partial charge is 0.475 e. The predicted molar refractivity (Wildman–Crippen MR) is 119 cm³/mol. The molecule has 0 saturated carbocycles. The van der Waals surface area contributed by atoms with Crippen molar-refractivity contribution in [1.29, 1.82) is 0 Å². The number of aliphatic carboxylic acids is 1. The summed E-state index contributed by atoms with van der Waals surface area (Å²) in [6.45, 7) is 3.23. The molecule has 0 radical (unpaired) electrons.